The van der Waals surface area contributed by atoms with Crippen molar-refractivity contribution in [1.29, 1.82) is 0 Å². The van der Waals surface area contributed by atoms with Crippen LogP contribution in [0.25, 0.3) is 77.2 Å². The van der Waals surface area contributed by atoms with Crippen LogP contribution < -0.4 is 4.90 Å². The summed E-state index contributed by atoms with van der Waals surface area (Å²) in [4.78, 5) is 2.39. The van der Waals surface area contributed by atoms with Crippen molar-refractivity contribution < 1.29 is 4.42 Å². The summed E-state index contributed by atoms with van der Waals surface area (Å²) in [6, 6.07) is 75.9. The second-order valence-corrected chi connectivity index (χ2v) is 13.7. The number of para-hydroxylation sites is 1. The average molecular weight is 690 g/mol. The van der Waals surface area contributed by atoms with E-state index < -0.39 is 0 Å². The van der Waals surface area contributed by atoms with Gasteiger partial charge in [-0.3, -0.25) is 0 Å². The Kier molecular flexibility index (Phi) is 7.85. The van der Waals surface area contributed by atoms with Crippen molar-refractivity contribution in [3.8, 4) is 44.5 Å². The molecule has 1 heterocycles. The van der Waals surface area contributed by atoms with E-state index in [0.29, 0.717) is 0 Å². The lowest BCUT2D eigenvalue weighted by Gasteiger charge is -2.28. The van der Waals surface area contributed by atoms with Crippen LogP contribution in [0.2, 0.25) is 0 Å². The van der Waals surface area contributed by atoms with Gasteiger partial charge in [-0.1, -0.05) is 164 Å². The predicted octanol–water partition coefficient (Wildman–Crippen LogP) is 14.9. The third-order valence-corrected chi connectivity index (χ3v) is 10.5. The molecule has 0 N–H and O–H groups in total. The van der Waals surface area contributed by atoms with Crippen LogP contribution in [0.1, 0.15) is 0 Å². The first kappa shape index (κ1) is 31.6. The molecule has 10 aromatic rings. The quantitative estimate of drug-likeness (QED) is 0.166. The summed E-state index contributed by atoms with van der Waals surface area (Å²) in [5.41, 5.74) is 14.5. The third kappa shape index (κ3) is 5.62. The van der Waals surface area contributed by atoms with Crippen molar-refractivity contribution in [1.82, 2.24) is 0 Å². The molecule has 0 saturated heterocycles. The minimum atomic E-state index is 0.889. The number of nitrogens with zero attached hydrogens (tertiary/aromatic N) is 1. The van der Waals surface area contributed by atoms with Gasteiger partial charge in [-0.15, -0.1) is 0 Å². The van der Waals surface area contributed by atoms with E-state index in [1.807, 2.05) is 12.1 Å². The van der Waals surface area contributed by atoms with Gasteiger partial charge in [0.05, 0.1) is 5.69 Å². The molecule has 54 heavy (non-hydrogen) atoms. The minimum Gasteiger partial charge on any atom is -0.456 e. The zero-order valence-corrected chi connectivity index (χ0v) is 29.6. The van der Waals surface area contributed by atoms with Gasteiger partial charge in [0.2, 0.25) is 0 Å². The monoisotopic (exact) mass is 689 g/mol. The zero-order valence-electron chi connectivity index (χ0n) is 29.6. The fraction of sp³-hybridized carbons (Fsp3) is 0. The molecule has 0 aliphatic rings. The van der Waals surface area contributed by atoms with Crippen molar-refractivity contribution in [2.24, 2.45) is 0 Å². The lowest BCUT2D eigenvalue weighted by atomic mass is 9.92. The molecule has 0 saturated carbocycles. The summed E-state index contributed by atoms with van der Waals surface area (Å²) in [5.74, 6) is 0. The highest BCUT2D eigenvalue weighted by atomic mass is 16.3. The molecule has 254 valence electrons. The fourth-order valence-electron chi connectivity index (χ4n) is 7.87. The minimum absolute atomic E-state index is 0.889. The molecule has 0 aliphatic carbocycles. The Morgan fingerprint density at radius 2 is 0.741 bits per heavy atom. The number of anilines is 3. The first-order chi connectivity index (χ1) is 26.8. The van der Waals surface area contributed by atoms with Gasteiger partial charge < -0.3 is 9.32 Å². The fourth-order valence-corrected chi connectivity index (χ4v) is 7.87. The Bertz CT molecular complexity index is 2890. The molecule has 0 aliphatic heterocycles. The van der Waals surface area contributed by atoms with Gasteiger partial charge >= 0.3 is 0 Å². The van der Waals surface area contributed by atoms with Gasteiger partial charge in [0.25, 0.3) is 0 Å². The number of rotatable bonds is 7. The van der Waals surface area contributed by atoms with Crippen LogP contribution in [0.15, 0.2) is 217 Å². The van der Waals surface area contributed by atoms with Gasteiger partial charge in [0.15, 0.2) is 0 Å². The van der Waals surface area contributed by atoms with E-state index in [4.69, 9.17) is 4.42 Å². The third-order valence-electron chi connectivity index (χ3n) is 10.5. The van der Waals surface area contributed by atoms with E-state index in [1.54, 1.807) is 0 Å². The lowest BCUT2D eigenvalue weighted by Crippen LogP contribution is -2.10. The maximum absolute atomic E-state index is 6.40. The second-order valence-electron chi connectivity index (χ2n) is 13.7. The Morgan fingerprint density at radius 1 is 0.278 bits per heavy atom. The van der Waals surface area contributed by atoms with Crippen molar-refractivity contribution in [3.05, 3.63) is 212 Å². The van der Waals surface area contributed by atoms with E-state index in [-0.39, 0.29) is 0 Å². The molecule has 0 atom stereocenters. The zero-order chi connectivity index (χ0) is 35.8. The highest BCUT2D eigenvalue weighted by molar-refractivity contribution is 6.09. The molecule has 0 bridgehead atoms. The summed E-state index contributed by atoms with van der Waals surface area (Å²) < 4.78 is 6.40. The Balaban J connectivity index is 1.13. The molecule has 9 aromatic carbocycles. The van der Waals surface area contributed by atoms with E-state index in [1.165, 1.54) is 44.2 Å². The van der Waals surface area contributed by atoms with Crippen LogP contribution in [-0.2, 0) is 0 Å². The number of furan rings is 1. The Morgan fingerprint density at radius 3 is 1.39 bits per heavy atom. The number of hydrogen-bond acceptors (Lipinski definition) is 2. The van der Waals surface area contributed by atoms with Crippen LogP contribution in [0.3, 0.4) is 0 Å². The first-order valence-electron chi connectivity index (χ1n) is 18.4. The average Bonchev–Trinajstić information content (AvgIpc) is 3.62. The highest BCUT2D eigenvalue weighted by Crippen LogP contribution is 2.44. The standard InChI is InChI=1S/C52H35NO/c1-4-14-36(15-5-1)37-24-28-41(29-25-37)53(50-33-32-43(38-16-6-2-7-17-38)44-20-10-11-21-45(44)50)42-30-26-40(27-31-42)48-35-52-49(46-22-12-13-23-51(46)54-52)34-47(48)39-18-8-3-9-19-39/h1-35H. The molecular weight excluding hydrogens is 655 g/mol. The van der Waals surface area contributed by atoms with Gasteiger partial charge in [0.1, 0.15) is 11.2 Å². The van der Waals surface area contributed by atoms with E-state index in [2.05, 4.69) is 205 Å². The van der Waals surface area contributed by atoms with Gasteiger partial charge in [-0.25, -0.2) is 0 Å². The van der Waals surface area contributed by atoms with Gasteiger partial charge in [0, 0.05) is 27.5 Å². The molecule has 0 spiro atoms. The van der Waals surface area contributed by atoms with E-state index >= 15 is 0 Å². The van der Waals surface area contributed by atoms with Crippen LogP contribution >= 0.6 is 0 Å². The second kappa shape index (κ2) is 13.4. The number of benzene rings is 9. The van der Waals surface area contributed by atoms with Crippen LogP contribution in [0.5, 0.6) is 0 Å². The summed E-state index contributed by atoms with van der Waals surface area (Å²) in [6.07, 6.45) is 0. The summed E-state index contributed by atoms with van der Waals surface area (Å²) in [5, 5.41) is 4.67. The highest BCUT2D eigenvalue weighted by Gasteiger charge is 2.19. The predicted molar refractivity (Wildman–Crippen MR) is 228 cm³/mol. The normalized spacial score (nSPS) is 11.3. The molecule has 0 amide bonds. The van der Waals surface area contributed by atoms with E-state index in [9.17, 15) is 0 Å². The van der Waals surface area contributed by atoms with Crippen molar-refractivity contribution in [3.63, 3.8) is 0 Å². The molecule has 10 rings (SSSR count). The Labute approximate surface area is 314 Å². The van der Waals surface area contributed by atoms with Crippen molar-refractivity contribution >= 4 is 49.8 Å². The largest absolute Gasteiger partial charge is 0.456 e. The topological polar surface area (TPSA) is 16.4 Å². The number of hydrogen-bond donors (Lipinski definition) is 0. The van der Waals surface area contributed by atoms with Crippen LogP contribution in [0.4, 0.5) is 17.1 Å². The molecular formula is C52H35NO. The molecule has 0 radical (unpaired) electrons. The maximum Gasteiger partial charge on any atom is 0.136 e. The first-order valence-corrected chi connectivity index (χ1v) is 18.4. The summed E-state index contributed by atoms with van der Waals surface area (Å²) >= 11 is 0. The molecule has 2 nitrogen and oxygen atoms in total. The lowest BCUT2D eigenvalue weighted by molar-refractivity contribution is 0.669. The Hall–Kier alpha value is -7.16. The molecule has 2 heteroatoms. The SMILES string of the molecule is c1ccc(-c2ccc(N(c3ccc(-c4cc5oc6ccccc6c5cc4-c4ccccc4)cc3)c3ccc(-c4ccccc4)c4ccccc34)cc2)cc1. The maximum atomic E-state index is 6.40. The van der Waals surface area contributed by atoms with Gasteiger partial charge in [-0.2, -0.15) is 0 Å². The van der Waals surface area contributed by atoms with Crippen LogP contribution in [0, 0.1) is 0 Å². The molecule has 0 fully saturated rings. The smallest absolute Gasteiger partial charge is 0.136 e. The summed E-state index contributed by atoms with van der Waals surface area (Å²) in [6.45, 7) is 0. The van der Waals surface area contributed by atoms with Crippen molar-refractivity contribution in [2.75, 3.05) is 4.90 Å². The number of fused-ring (bicyclic) bond motifs is 4. The van der Waals surface area contributed by atoms with Crippen molar-refractivity contribution in [2.45, 2.75) is 0 Å². The van der Waals surface area contributed by atoms with Gasteiger partial charge in [-0.05, 0) is 98.4 Å². The van der Waals surface area contributed by atoms with E-state index in [0.717, 1.165) is 50.1 Å². The molecule has 1 aromatic heterocycles. The van der Waals surface area contributed by atoms with Crippen LogP contribution in [-0.4, -0.2) is 0 Å². The summed E-state index contributed by atoms with van der Waals surface area (Å²) in [7, 11) is 0. The molecule has 0 unspecified atom stereocenters.